The van der Waals surface area contributed by atoms with E-state index in [0.29, 0.717) is 0 Å². The lowest BCUT2D eigenvalue weighted by Crippen LogP contribution is -2.19. The Bertz CT molecular complexity index is 76.5. The SMILES string of the molecule is C1C2C1N1CC21. The lowest BCUT2D eigenvalue weighted by molar-refractivity contribution is 0.365. The Morgan fingerprint density at radius 3 is 2.50 bits per heavy atom. The van der Waals surface area contributed by atoms with E-state index in [1.54, 1.807) is 6.42 Å². The molecule has 2 heterocycles. The van der Waals surface area contributed by atoms with Gasteiger partial charge in [-0.3, -0.25) is 4.90 Å². The van der Waals surface area contributed by atoms with E-state index in [1.807, 2.05) is 0 Å². The lowest BCUT2D eigenvalue weighted by atomic mass is 10.2. The van der Waals surface area contributed by atoms with Crippen LogP contribution in [0, 0.1) is 5.92 Å². The maximum absolute atomic E-state index is 2.59. The Morgan fingerprint density at radius 2 is 2.33 bits per heavy atom. The van der Waals surface area contributed by atoms with Gasteiger partial charge in [0.2, 0.25) is 0 Å². The van der Waals surface area contributed by atoms with Crippen molar-refractivity contribution >= 4 is 0 Å². The van der Waals surface area contributed by atoms with E-state index in [4.69, 9.17) is 0 Å². The van der Waals surface area contributed by atoms with E-state index in [9.17, 15) is 0 Å². The number of nitrogens with zero attached hydrogens (tertiary/aromatic N) is 1. The highest BCUT2D eigenvalue weighted by Crippen LogP contribution is 2.60. The smallest absolute Gasteiger partial charge is 0.0270 e. The van der Waals surface area contributed by atoms with Crippen molar-refractivity contribution in [1.82, 2.24) is 4.90 Å². The van der Waals surface area contributed by atoms with Gasteiger partial charge in [0.15, 0.2) is 0 Å². The van der Waals surface area contributed by atoms with Crippen LogP contribution in [0.15, 0.2) is 0 Å². The third kappa shape index (κ3) is 0.0871. The third-order valence-corrected chi connectivity index (χ3v) is 2.42. The predicted octanol–water partition coefficient (Wildman–Crippen LogP) is 0.0727. The van der Waals surface area contributed by atoms with Gasteiger partial charge in [0.1, 0.15) is 0 Å². The Hall–Kier alpha value is -0.0400. The van der Waals surface area contributed by atoms with Crippen LogP contribution in [0.3, 0.4) is 0 Å². The zero-order valence-electron chi connectivity index (χ0n) is 3.59. The van der Waals surface area contributed by atoms with Crippen molar-refractivity contribution in [3.8, 4) is 0 Å². The van der Waals surface area contributed by atoms with Crippen LogP contribution < -0.4 is 0 Å². The van der Waals surface area contributed by atoms with Gasteiger partial charge in [-0.05, 0) is 12.3 Å². The van der Waals surface area contributed by atoms with Crippen LogP contribution in [0.5, 0.6) is 0 Å². The minimum atomic E-state index is 1.11. The average molecular weight is 81.1 g/mol. The molecule has 3 aliphatic rings. The normalized spacial score (nSPS) is 80.0. The summed E-state index contributed by atoms with van der Waals surface area (Å²) in [4.78, 5) is 2.59. The van der Waals surface area contributed by atoms with E-state index >= 15 is 0 Å². The first kappa shape index (κ1) is 2.31. The van der Waals surface area contributed by atoms with E-state index in [-0.39, 0.29) is 0 Å². The molecule has 0 amide bonds. The molecule has 0 aromatic heterocycles. The van der Waals surface area contributed by atoms with Crippen LogP contribution in [0.1, 0.15) is 6.42 Å². The first-order chi connectivity index (χ1) is 2.97. The van der Waals surface area contributed by atoms with Crippen molar-refractivity contribution < 1.29 is 0 Å². The molecule has 1 nitrogen and oxygen atoms in total. The van der Waals surface area contributed by atoms with Gasteiger partial charge >= 0.3 is 0 Å². The van der Waals surface area contributed by atoms with Crippen molar-refractivity contribution in [2.45, 2.75) is 18.5 Å². The molecule has 0 radical (unpaired) electrons. The fraction of sp³-hybridized carbons (Fsp3) is 1.00. The summed E-state index contributed by atoms with van der Waals surface area (Å²) in [6.45, 7) is 1.45. The first-order valence-electron chi connectivity index (χ1n) is 2.72. The molecule has 6 heavy (non-hydrogen) atoms. The second-order valence-electron chi connectivity index (χ2n) is 2.73. The Kier molecular flexibility index (Phi) is 0.154. The van der Waals surface area contributed by atoms with Crippen molar-refractivity contribution in [2.24, 2.45) is 5.92 Å². The van der Waals surface area contributed by atoms with Gasteiger partial charge in [-0.1, -0.05) is 0 Å². The van der Waals surface area contributed by atoms with Gasteiger partial charge in [0.05, 0.1) is 0 Å². The largest absolute Gasteiger partial charge is 0.294 e. The standard InChI is InChI=1S/C5H7N/c1-3-4(1)6-2-5(3)6/h3-5H,1-2H2. The Morgan fingerprint density at radius 1 is 1.33 bits per heavy atom. The molecule has 1 aliphatic carbocycles. The number of hydrogen-bond donors (Lipinski definition) is 0. The van der Waals surface area contributed by atoms with Gasteiger partial charge in [-0.25, -0.2) is 0 Å². The van der Waals surface area contributed by atoms with Gasteiger partial charge in [-0.2, -0.15) is 0 Å². The zero-order valence-corrected chi connectivity index (χ0v) is 3.59. The predicted molar refractivity (Wildman–Crippen MR) is 22.4 cm³/mol. The molecule has 0 aromatic carbocycles. The number of hydrogen-bond acceptors (Lipinski definition) is 1. The number of fused-ring (bicyclic) bond motifs is 4. The van der Waals surface area contributed by atoms with Gasteiger partial charge < -0.3 is 0 Å². The summed E-state index contributed by atoms with van der Waals surface area (Å²) in [6, 6.07) is 2.21. The highest BCUT2D eigenvalue weighted by atomic mass is 15.4. The summed E-state index contributed by atoms with van der Waals surface area (Å²) in [5.74, 6) is 1.20. The van der Waals surface area contributed by atoms with E-state index in [1.165, 1.54) is 12.5 Å². The summed E-state index contributed by atoms with van der Waals surface area (Å²) < 4.78 is 0. The van der Waals surface area contributed by atoms with Crippen molar-refractivity contribution in [3.05, 3.63) is 0 Å². The van der Waals surface area contributed by atoms with E-state index < -0.39 is 0 Å². The summed E-state index contributed by atoms with van der Waals surface area (Å²) >= 11 is 0. The third-order valence-electron chi connectivity index (χ3n) is 2.42. The van der Waals surface area contributed by atoms with Crippen molar-refractivity contribution in [1.29, 1.82) is 0 Å². The molecule has 3 rings (SSSR count). The molecule has 1 heteroatoms. The lowest BCUT2D eigenvalue weighted by Gasteiger charge is -2.07. The minimum absolute atomic E-state index is 1.11. The average Bonchev–Trinajstić information content (AvgIpc) is 2.04. The van der Waals surface area contributed by atoms with Crippen LogP contribution in [0.2, 0.25) is 0 Å². The number of piperidine rings is 1. The molecule has 4 unspecified atom stereocenters. The van der Waals surface area contributed by atoms with E-state index in [2.05, 4.69) is 4.90 Å². The molecule has 0 bridgehead atoms. The Balaban J connectivity index is 2.15. The Labute approximate surface area is 36.9 Å². The number of rotatable bonds is 0. The fourth-order valence-electron chi connectivity index (χ4n) is 1.83. The summed E-state index contributed by atoms with van der Waals surface area (Å²) in [5, 5.41) is 0. The second kappa shape index (κ2) is 0.399. The quantitative estimate of drug-likeness (QED) is 0.373. The van der Waals surface area contributed by atoms with Crippen LogP contribution >= 0.6 is 0 Å². The van der Waals surface area contributed by atoms with Gasteiger partial charge in [-0.15, -0.1) is 0 Å². The summed E-state index contributed by atoms with van der Waals surface area (Å²) in [6.07, 6.45) is 1.55. The molecule has 0 aromatic rings. The van der Waals surface area contributed by atoms with Crippen molar-refractivity contribution in [2.75, 3.05) is 6.54 Å². The molecule has 2 aliphatic heterocycles. The molecule has 0 N–H and O–H groups in total. The topological polar surface area (TPSA) is 3.01 Å². The van der Waals surface area contributed by atoms with Gasteiger partial charge in [0, 0.05) is 18.6 Å². The van der Waals surface area contributed by atoms with E-state index in [0.717, 1.165) is 12.1 Å². The van der Waals surface area contributed by atoms with Crippen molar-refractivity contribution in [3.63, 3.8) is 0 Å². The van der Waals surface area contributed by atoms with Crippen LogP contribution in [0.25, 0.3) is 0 Å². The maximum Gasteiger partial charge on any atom is 0.0270 e. The molecule has 32 valence electrons. The highest BCUT2D eigenvalue weighted by Gasteiger charge is 2.69. The summed E-state index contributed by atoms with van der Waals surface area (Å²) in [7, 11) is 0. The molecular formula is C5H7N. The maximum atomic E-state index is 2.59. The molecule has 1 saturated carbocycles. The van der Waals surface area contributed by atoms with Gasteiger partial charge in [0.25, 0.3) is 0 Å². The molecule has 3 fully saturated rings. The highest BCUT2D eigenvalue weighted by molar-refractivity contribution is 5.23. The molecular weight excluding hydrogens is 74.1 g/mol. The minimum Gasteiger partial charge on any atom is -0.294 e. The monoisotopic (exact) mass is 81.1 g/mol. The van der Waals surface area contributed by atoms with Crippen LogP contribution in [0.4, 0.5) is 0 Å². The molecule has 2 saturated heterocycles. The first-order valence-corrected chi connectivity index (χ1v) is 2.72. The van der Waals surface area contributed by atoms with Crippen LogP contribution in [-0.2, 0) is 0 Å². The zero-order chi connectivity index (χ0) is 3.72. The second-order valence-corrected chi connectivity index (χ2v) is 2.73. The van der Waals surface area contributed by atoms with Crippen LogP contribution in [-0.4, -0.2) is 23.5 Å². The molecule has 0 spiro atoms. The molecule has 4 atom stereocenters. The fourth-order valence-corrected chi connectivity index (χ4v) is 1.83. The summed E-state index contributed by atoms with van der Waals surface area (Å²) in [5.41, 5.74) is 0.